The molecule has 0 spiro atoms. The predicted octanol–water partition coefficient (Wildman–Crippen LogP) is 2.73. The standard InChI is InChI=1S/C17H15N3O3/c1-13(23-16-8-6-14(12-18)7-9-16)17(21)20-19-10-2-4-15-5-3-11-22-15/h2-11,13H,1H3,(H,20,21)/b4-2+,19-10-/t13-/m1/s1. The molecule has 1 atom stereocenters. The Morgan fingerprint density at radius 1 is 1.39 bits per heavy atom. The molecule has 1 heterocycles. The van der Waals surface area contributed by atoms with E-state index in [1.165, 1.54) is 6.21 Å². The molecule has 116 valence electrons. The fourth-order valence-electron chi connectivity index (χ4n) is 1.62. The van der Waals surface area contributed by atoms with Gasteiger partial charge in [0, 0.05) is 6.21 Å². The Bertz CT molecular complexity index is 725. The first kappa shape index (κ1) is 16.0. The summed E-state index contributed by atoms with van der Waals surface area (Å²) >= 11 is 0. The normalized spacial score (nSPS) is 12.2. The lowest BCUT2D eigenvalue weighted by molar-refractivity contribution is -0.127. The summed E-state index contributed by atoms with van der Waals surface area (Å²) in [4.78, 5) is 11.8. The molecular weight excluding hydrogens is 294 g/mol. The lowest BCUT2D eigenvalue weighted by atomic mass is 10.2. The number of carbonyl (C=O) groups excluding carboxylic acids is 1. The smallest absolute Gasteiger partial charge is 0.280 e. The van der Waals surface area contributed by atoms with Crippen LogP contribution in [0.4, 0.5) is 0 Å². The number of ether oxygens (including phenoxy) is 1. The number of rotatable bonds is 6. The number of benzene rings is 1. The van der Waals surface area contributed by atoms with Crippen LogP contribution in [-0.4, -0.2) is 18.2 Å². The zero-order valence-electron chi connectivity index (χ0n) is 12.5. The van der Waals surface area contributed by atoms with E-state index < -0.39 is 6.10 Å². The van der Waals surface area contributed by atoms with Gasteiger partial charge in [-0.2, -0.15) is 10.4 Å². The van der Waals surface area contributed by atoms with Gasteiger partial charge in [0.05, 0.1) is 17.9 Å². The number of hydrazone groups is 1. The van der Waals surface area contributed by atoms with Crippen molar-refractivity contribution < 1.29 is 13.9 Å². The number of furan rings is 1. The summed E-state index contributed by atoms with van der Waals surface area (Å²) in [5.74, 6) is 0.825. The van der Waals surface area contributed by atoms with Crippen LogP contribution in [0.15, 0.2) is 58.3 Å². The number of nitriles is 1. The van der Waals surface area contributed by atoms with Crippen LogP contribution in [0.3, 0.4) is 0 Å². The molecule has 1 N–H and O–H groups in total. The van der Waals surface area contributed by atoms with Crippen molar-refractivity contribution in [3.8, 4) is 11.8 Å². The Morgan fingerprint density at radius 2 is 2.17 bits per heavy atom. The molecule has 6 heteroatoms. The van der Waals surface area contributed by atoms with Gasteiger partial charge in [0.25, 0.3) is 5.91 Å². The van der Waals surface area contributed by atoms with Gasteiger partial charge in [-0.1, -0.05) is 0 Å². The Kier molecular flexibility index (Phi) is 5.72. The first-order valence-electron chi connectivity index (χ1n) is 6.89. The van der Waals surface area contributed by atoms with E-state index in [2.05, 4.69) is 10.5 Å². The Hall–Kier alpha value is -3.33. The van der Waals surface area contributed by atoms with Crippen molar-refractivity contribution in [3.05, 3.63) is 60.1 Å². The van der Waals surface area contributed by atoms with Crippen LogP contribution < -0.4 is 10.2 Å². The van der Waals surface area contributed by atoms with Crippen molar-refractivity contribution in [2.45, 2.75) is 13.0 Å². The predicted molar refractivity (Wildman–Crippen MR) is 85.6 cm³/mol. The minimum absolute atomic E-state index is 0.378. The van der Waals surface area contributed by atoms with Gasteiger partial charge < -0.3 is 9.15 Å². The average Bonchev–Trinajstić information content (AvgIpc) is 3.08. The van der Waals surface area contributed by atoms with E-state index in [4.69, 9.17) is 14.4 Å². The molecule has 0 saturated heterocycles. The summed E-state index contributed by atoms with van der Waals surface area (Å²) in [6.45, 7) is 1.61. The molecule has 1 aromatic carbocycles. The quantitative estimate of drug-likeness (QED) is 0.656. The maximum atomic E-state index is 11.8. The first-order valence-corrected chi connectivity index (χ1v) is 6.89. The van der Waals surface area contributed by atoms with Gasteiger partial charge in [-0.05, 0) is 55.5 Å². The summed E-state index contributed by atoms with van der Waals surface area (Å²) in [5, 5.41) is 12.5. The fraction of sp³-hybridized carbons (Fsp3) is 0.118. The third-order valence-electron chi connectivity index (χ3n) is 2.80. The zero-order chi connectivity index (χ0) is 16.5. The maximum Gasteiger partial charge on any atom is 0.280 e. The third-order valence-corrected chi connectivity index (χ3v) is 2.80. The first-order chi connectivity index (χ1) is 11.2. The number of nitrogens with zero attached hydrogens (tertiary/aromatic N) is 2. The lowest BCUT2D eigenvalue weighted by Gasteiger charge is -2.12. The van der Waals surface area contributed by atoms with E-state index in [-0.39, 0.29) is 5.91 Å². The molecule has 0 aliphatic rings. The van der Waals surface area contributed by atoms with Gasteiger partial charge in [-0.3, -0.25) is 4.79 Å². The Labute approximate surface area is 133 Å². The van der Waals surface area contributed by atoms with E-state index >= 15 is 0 Å². The molecule has 0 unspecified atom stereocenters. The Morgan fingerprint density at radius 3 is 2.83 bits per heavy atom. The number of allylic oxidation sites excluding steroid dienone is 1. The van der Waals surface area contributed by atoms with Gasteiger partial charge in [0.2, 0.25) is 0 Å². The summed E-state index contributed by atoms with van der Waals surface area (Å²) < 4.78 is 10.6. The van der Waals surface area contributed by atoms with Gasteiger partial charge >= 0.3 is 0 Å². The molecule has 2 aromatic rings. The molecule has 2 rings (SSSR count). The topological polar surface area (TPSA) is 87.6 Å². The minimum atomic E-state index is -0.714. The second-order valence-electron chi connectivity index (χ2n) is 4.53. The van der Waals surface area contributed by atoms with Gasteiger partial charge in [-0.15, -0.1) is 0 Å². The molecule has 1 aromatic heterocycles. The Balaban J connectivity index is 1.79. The number of hydrogen-bond donors (Lipinski definition) is 1. The highest BCUT2D eigenvalue weighted by Gasteiger charge is 2.13. The maximum absolute atomic E-state index is 11.8. The lowest BCUT2D eigenvalue weighted by Crippen LogP contribution is -2.33. The number of amides is 1. The molecule has 0 saturated carbocycles. The van der Waals surface area contributed by atoms with Crippen molar-refractivity contribution >= 4 is 18.2 Å². The van der Waals surface area contributed by atoms with Crippen molar-refractivity contribution in [2.24, 2.45) is 5.10 Å². The van der Waals surface area contributed by atoms with Gasteiger partial charge in [-0.25, -0.2) is 5.43 Å². The van der Waals surface area contributed by atoms with E-state index in [1.807, 2.05) is 6.07 Å². The molecular formula is C17H15N3O3. The second kappa shape index (κ2) is 8.20. The number of carbonyl (C=O) groups is 1. The van der Waals surface area contributed by atoms with Gasteiger partial charge in [0.1, 0.15) is 11.5 Å². The molecule has 0 radical (unpaired) electrons. The third kappa shape index (κ3) is 5.17. The van der Waals surface area contributed by atoms with Gasteiger partial charge in [0.15, 0.2) is 6.10 Å². The monoisotopic (exact) mass is 309 g/mol. The number of hydrogen-bond acceptors (Lipinski definition) is 5. The summed E-state index contributed by atoms with van der Waals surface area (Å²) in [7, 11) is 0. The molecule has 0 aliphatic heterocycles. The molecule has 0 fully saturated rings. The highest BCUT2D eigenvalue weighted by molar-refractivity contribution is 5.83. The van der Waals surface area contributed by atoms with Crippen LogP contribution >= 0.6 is 0 Å². The van der Waals surface area contributed by atoms with Crippen LogP contribution in [0.5, 0.6) is 5.75 Å². The zero-order valence-corrected chi connectivity index (χ0v) is 12.5. The van der Waals surface area contributed by atoms with Crippen molar-refractivity contribution in [1.82, 2.24) is 5.43 Å². The SMILES string of the molecule is C[C@@H](Oc1ccc(C#N)cc1)C(=O)N/N=C\C=C\c1ccco1. The van der Waals surface area contributed by atoms with Crippen molar-refractivity contribution in [2.75, 3.05) is 0 Å². The highest BCUT2D eigenvalue weighted by atomic mass is 16.5. The van der Waals surface area contributed by atoms with E-state index in [0.717, 1.165) is 0 Å². The van der Waals surface area contributed by atoms with E-state index in [0.29, 0.717) is 17.1 Å². The largest absolute Gasteiger partial charge is 0.481 e. The number of nitrogens with one attached hydrogen (secondary N) is 1. The van der Waals surface area contributed by atoms with Crippen LogP contribution in [0.2, 0.25) is 0 Å². The highest BCUT2D eigenvalue weighted by Crippen LogP contribution is 2.13. The molecule has 23 heavy (non-hydrogen) atoms. The summed E-state index contributed by atoms with van der Waals surface area (Å²) in [5.41, 5.74) is 2.91. The van der Waals surface area contributed by atoms with E-state index in [1.54, 1.807) is 61.7 Å². The van der Waals surface area contributed by atoms with Crippen LogP contribution in [0.25, 0.3) is 6.08 Å². The van der Waals surface area contributed by atoms with Crippen molar-refractivity contribution in [3.63, 3.8) is 0 Å². The molecule has 0 bridgehead atoms. The second-order valence-corrected chi connectivity index (χ2v) is 4.53. The molecule has 0 aliphatic carbocycles. The molecule has 1 amide bonds. The molecule has 6 nitrogen and oxygen atoms in total. The minimum Gasteiger partial charge on any atom is -0.481 e. The fourth-order valence-corrected chi connectivity index (χ4v) is 1.62. The van der Waals surface area contributed by atoms with Crippen LogP contribution in [0, 0.1) is 11.3 Å². The summed E-state index contributed by atoms with van der Waals surface area (Å²) in [6.07, 6.45) is 5.65. The van der Waals surface area contributed by atoms with Crippen LogP contribution in [0.1, 0.15) is 18.2 Å². The summed E-state index contributed by atoms with van der Waals surface area (Å²) in [6, 6.07) is 12.1. The van der Waals surface area contributed by atoms with Crippen LogP contribution in [-0.2, 0) is 4.79 Å². The average molecular weight is 309 g/mol. The van der Waals surface area contributed by atoms with Crippen molar-refractivity contribution in [1.29, 1.82) is 5.26 Å². The van der Waals surface area contributed by atoms with E-state index in [9.17, 15) is 4.79 Å².